The number of benzene rings is 2. The highest BCUT2D eigenvalue weighted by atomic mass is 16.5. The van der Waals surface area contributed by atoms with Crippen LogP contribution in [0.25, 0.3) is 0 Å². The Morgan fingerprint density at radius 3 is 2.29 bits per heavy atom. The van der Waals surface area contributed by atoms with E-state index in [2.05, 4.69) is 0 Å². The molecule has 0 aliphatic carbocycles. The van der Waals surface area contributed by atoms with Gasteiger partial charge in [-0.15, -0.1) is 0 Å². The van der Waals surface area contributed by atoms with Gasteiger partial charge in [0, 0.05) is 6.07 Å². The Balaban J connectivity index is 1.76. The fourth-order valence-electron chi connectivity index (χ4n) is 2.07. The number of carbonyl (C=O) groups is 1. The van der Waals surface area contributed by atoms with Crippen molar-refractivity contribution >= 4 is 5.97 Å². The van der Waals surface area contributed by atoms with E-state index in [-0.39, 0.29) is 11.3 Å². The van der Waals surface area contributed by atoms with Crippen LogP contribution in [0, 0.1) is 0 Å². The Kier molecular flexibility index (Phi) is 6.45. The highest BCUT2D eigenvalue weighted by Crippen LogP contribution is 2.24. The Bertz CT molecular complexity index is 666. The van der Waals surface area contributed by atoms with Crippen molar-refractivity contribution in [2.24, 2.45) is 0 Å². The van der Waals surface area contributed by atoms with Crippen LogP contribution in [-0.2, 0) is 11.3 Å². The lowest BCUT2D eigenvalue weighted by atomic mass is 10.2. The molecule has 0 aliphatic rings. The quantitative estimate of drug-likeness (QED) is 0.712. The van der Waals surface area contributed by atoms with Crippen LogP contribution in [0.1, 0.15) is 15.9 Å². The van der Waals surface area contributed by atoms with E-state index in [4.69, 9.17) is 24.1 Å². The molecule has 6 heteroatoms. The SMILES string of the molecule is COc1ccc(COCCOc2ccc(C(=O)O)c(OC)c2)cc1. The molecule has 2 rings (SSSR count). The lowest BCUT2D eigenvalue weighted by Crippen LogP contribution is -2.07. The maximum atomic E-state index is 11.0. The molecule has 24 heavy (non-hydrogen) atoms. The van der Waals surface area contributed by atoms with E-state index in [0.717, 1.165) is 11.3 Å². The van der Waals surface area contributed by atoms with Crippen LogP contribution in [0.3, 0.4) is 0 Å². The number of ether oxygens (including phenoxy) is 4. The van der Waals surface area contributed by atoms with Gasteiger partial charge < -0.3 is 24.1 Å². The summed E-state index contributed by atoms with van der Waals surface area (Å²) in [5.74, 6) is 0.561. The highest BCUT2D eigenvalue weighted by Gasteiger charge is 2.11. The summed E-state index contributed by atoms with van der Waals surface area (Å²) in [7, 11) is 3.05. The smallest absolute Gasteiger partial charge is 0.339 e. The second-order valence-corrected chi connectivity index (χ2v) is 4.92. The topological polar surface area (TPSA) is 74.2 Å². The predicted octanol–water partition coefficient (Wildman–Crippen LogP) is 3.00. The fourth-order valence-corrected chi connectivity index (χ4v) is 2.07. The van der Waals surface area contributed by atoms with Gasteiger partial charge >= 0.3 is 5.97 Å². The first kappa shape index (κ1) is 17.6. The summed E-state index contributed by atoms with van der Waals surface area (Å²) in [5, 5.41) is 9.03. The van der Waals surface area contributed by atoms with Crippen LogP contribution in [0.5, 0.6) is 17.2 Å². The first-order valence-electron chi connectivity index (χ1n) is 7.39. The van der Waals surface area contributed by atoms with Gasteiger partial charge in [-0.3, -0.25) is 0 Å². The third-order valence-electron chi connectivity index (χ3n) is 3.33. The van der Waals surface area contributed by atoms with Crippen molar-refractivity contribution in [3.05, 3.63) is 53.6 Å². The summed E-state index contributed by atoms with van der Waals surface area (Å²) in [5.41, 5.74) is 1.14. The minimum atomic E-state index is -1.04. The van der Waals surface area contributed by atoms with Crippen molar-refractivity contribution in [2.75, 3.05) is 27.4 Å². The lowest BCUT2D eigenvalue weighted by molar-refractivity contribution is 0.0693. The summed E-state index contributed by atoms with van der Waals surface area (Å²) in [4.78, 5) is 11.0. The summed E-state index contributed by atoms with van der Waals surface area (Å²) in [6.45, 7) is 1.25. The first-order valence-corrected chi connectivity index (χ1v) is 7.39. The van der Waals surface area contributed by atoms with Crippen molar-refractivity contribution in [3.63, 3.8) is 0 Å². The molecular formula is C18H20O6. The summed E-state index contributed by atoms with van der Waals surface area (Å²) < 4.78 is 21.2. The number of hydrogen-bond donors (Lipinski definition) is 1. The molecular weight excluding hydrogens is 312 g/mol. The molecule has 0 aliphatic heterocycles. The van der Waals surface area contributed by atoms with Crippen LogP contribution in [0.4, 0.5) is 0 Å². The van der Waals surface area contributed by atoms with Gasteiger partial charge in [-0.1, -0.05) is 12.1 Å². The van der Waals surface area contributed by atoms with E-state index in [9.17, 15) is 4.79 Å². The molecule has 0 saturated heterocycles. The largest absolute Gasteiger partial charge is 0.497 e. The molecule has 0 aromatic heterocycles. The van der Waals surface area contributed by atoms with Crippen LogP contribution < -0.4 is 14.2 Å². The number of aromatic carboxylic acids is 1. The Labute approximate surface area is 140 Å². The average molecular weight is 332 g/mol. The van der Waals surface area contributed by atoms with Gasteiger partial charge in [0.05, 0.1) is 27.4 Å². The zero-order chi connectivity index (χ0) is 17.4. The maximum absolute atomic E-state index is 11.0. The van der Waals surface area contributed by atoms with Crippen molar-refractivity contribution in [3.8, 4) is 17.2 Å². The number of carboxylic acids is 1. The molecule has 0 amide bonds. The van der Waals surface area contributed by atoms with Crippen LogP contribution in [-0.4, -0.2) is 38.5 Å². The Hall–Kier alpha value is -2.73. The molecule has 0 bridgehead atoms. The monoisotopic (exact) mass is 332 g/mol. The second kappa shape index (κ2) is 8.79. The van der Waals surface area contributed by atoms with Gasteiger partial charge in [0.15, 0.2) is 0 Å². The molecule has 0 fully saturated rings. The number of hydrogen-bond acceptors (Lipinski definition) is 5. The van der Waals surface area contributed by atoms with Gasteiger partial charge in [-0.25, -0.2) is 4.79 Å². The molecule has 0 atom stereocenters. The third kappa shape index (κ3) is 4.89. The van der Waals surface area contributed by atoms with Crippen molar-refractivity contribution in [2.45, 2.75) is 6.61 Å². The Morgan fingerprint density at radius 1 is 0.958 bits per heavy atom. The summed E-state index contributed by atoms with van der Waals surface area (Å²) >= 11 is 0. The molecule has 2 aromatic rings. The number of carboxylic acid groups (broad SMARTS) is 1. The molecule has 1 N–H and O–H groups in total. The fraction of sp³-hybridized carbons (Fsp3) is 0.278. The predicted molar refractivity (Wildman–Crippen MR) is 88.1 cm³/mol. The molecule has 0 saturated carbocycles. The standard InChI is InChI=1S/C18H20O6/c1-21-14-5-3-13(4-6-14)12-23-9-10-24-15-7-8-16(18(19)20)17(11-15)22-2/h3-8,11H,9-10,12H2,1-2H3,(H,19,20). The molecule has 0 radical (unpaired) electrons. The molecule has 2 aromatic carbocycles. The number of rotatable bonds is 9. The summed E-state index contributed by atoms with van der Waals surface area (Å²) in [6.07, 6.45) is 0. The minimum absolute atomic E-state index is 0.0978. The van der Waals surface area contributed by atoms with E-state index in [1.165, 1.54) is 13.2 Å². The minimum Gasteiger partial charge on any atom is -0.497 e. The highest BCUT2D eigenvalue weighted by molar-refractivity contribution is 5.91. The van der Waals surface area contributed by atoms with Gasteiger partial charge in [-0.05, 0) is 29.8 Å². The van der Waals surface area contributed by atoms with E-state index >= 15 is 0 Å². The lowest BCUT2D eigenvalue weighted by Gasteiger charge is -2.10. The van der Waals surface area contributed by atoms with Crippen molar-refractivity contribution < 1.29 is 28.8 Å². The molecule has 0 unspecified atom stereocenters. The van der Waals surface area contributed by atoms with Crippen molar-refractivity contribution in [1.82, 2.24) is 0 Å². The Morgan fingerprint density at radius 2 is 1.67 bits per heavy atom. The number of methoxy groups -OCH3 is 2. The zero-order valence-corrected chi connectivity index (χ0v) is 13.7. The average Bonchev–Trinajstić information content (AvgIpc) is 2.61. The zero-order valence-electron chi connectivity index (χ0n) is 13.7. The molecule has 0 heterocycles. The van der Waals surface area contributed by atoms with E-state index in [0.29, 0.717) is 25.6 Å². The maximum Gasteiger partial charge on any atom is 0.339 e. The first-order chi connectivity index (χ1) is 11.6. The third-order valence-corrected chi connectivity index (χ3v) is 3.33. The van der Waals surface area contributed by atoms with E-state index < -0.39 is 5.97 Å². The summed E-state index contributed by atoms with van der Waals surface area (Å²) in [6, 6.07) is 12.2. The van der Waals surface area contributed by atoms with Crippen LogP contribution in [0.15, 0.2) is 42.5 Å². The molecule has 128 valence electrons. The molecule has 0 spiro atoms. The molecule has 6 nitrogen and oxygen atoms in total. The van der Waals surface area contributed by atoms with E-state index in [1.54, 1.807) is 19.2 Å². The van der Waals surface area contributed by atoms with Gasteiger partial charge in [0.25, 0.3) is 0 Å². The van der Waals surface area contributed by atoms with Gasteiger partial charge in [0.2, 0.25) is 0 Å². The van der Waals surface area contributed by atoms with Crippen molar-refractivity contribution in [1.29, 1.82) is 0 Å². The normalized spacial score (nSPS) is 10.2. The van der Waals surface area contributed by atoms with Crippen LogP contribution >= 0.6 is 0 Å². The van der Waals surface area contributed by atoms with E-state index in [1.807, 2.05) is 24.3 Å². The van der Waals surface area contributed by atoms with Gasteiger partial charge in [0.1, 0.15) is 29.4 Å². The van der Waals surface area contributed by atoms with Crippen LogP contribution in [0.2, 0.25) is 0 Å². The van der Waals surface area contributed by atoms with Gasteiger partial charge in [-0.2, -0.15) is 0 Å². The second-order valence-electron chi connectivity index (χ2n) is 4.92.